The third-order valence-corrected chi connectivity index (χ3v) is 4.69. The Morgan fingerprint density at radius 3 is 2.62 bits per heavy atom. The van der Waals surface area contributed by atoms with Gasteiger partial charge in [-0.1, -0.05) is 60.1 Å². The van der Waals surface area contributed by atoms with Crippen molar-refractivity contribution in [1.29, 1.82) is 0 Å². The summed E-state index contributed by atoms with van der Waals surface area (Å²) in [7, 11) is 2.01. The van der Waals surface area contributed by atoms with E-state index in [2.05, 4.69) is 34.7 Å². The molecule has 2 aromatic heterocycles. The van der Waals surface area contributed by atoms with Crippen molar-refractivity contribution in [1.82, 2.24) is 14.6 Å². The average Bonchev–Trinajstić information content (AvgIpc) is 3.04. The maximum atomic E-state index is 6.38. The van der Waals surface area contributed by atoms with Crippen LogP contribution in [0.3, 0.4) is 0 Å². The van der Waals surface area contributed by atoms with Crippen LogP contribution in [0.4, 0.5) is 5.82 Å². The van der Waals surface area contributed by atoms with Crippen molar-refractivity contribution in [2.24, 2.45) is 0 Å². The van der Waals surface area contributed by atoms with Gasteiger partial charge in [0.1, 0.15) is 13.7 Å². The molecule has 0 fully saturated rings. The van der Waals surface area contributed by atoms with Crippen LogP contribution < -0.4 is 10.8 Å². The van der Waals surface area contributed by atoms with E-state index in [4.69, 9.17) is 16.6 Å². The van der Waals surface area contributed by atoms with Crippen LogP contribution >= 0.6 is 11.6 Å². The van der Waals surface area contributed by atoms with Crippen molar-refractivity contribution in [3.05, 3.63) is 77.4 Å². The monoisotopic (exact) mass is 360 g/mol. The molecular formula is C20H18BClN4. The van der Waals surface area contributed by atoms with Gasteiger partial charge in [0.25, 0.3) is 0 Å². The van der Waals surface area contributed by atoms with Crippen molar-refractivity contribution in [3.8, 4) is 11.3 Å². The number of benzene rings is 2. The maximum absolute atomic E-state index is 6.38. The fourth-order valence-corrected chi connectivity index (χ4v) is 3.22. The van der Waals surface area contributed by atoms with E-state index in [-0.39, 0.29) is 0 Å². The van der Waals surface area contributed by atoms with E-state index in [1.807, 2.05) is 55.0 Å². The molecule has 26 heavy (non-hydrogen) atoms. The van der Waals surface area contributed by atoms with Crippen molar-refractivity contribution >= 4 is 36.4 Å². The molecule has 0 spiro atoms. The van der Waals surface area contributed by atoms with Gasteiger partial charge >= 0.3 is 0 Å². The van der Waals surface area contributed by atoms with E-state index in [1.54, 1.807) is 0 Å². The number of hydrogen-bond acceptors (Lipinski definition) is 3. The molecule has 6 heteroatoms. The van der Waals surface area contributed by atoms with Crippen LogP contribution in [-0.4, -0.2) is 29.0 Å². The van der Waals surface area contributed by atoms with Gasteiger partial charge in [-0.2, -0.15) is 9.61 Å². The molecule has 0 aliphatic rings. The van der Waals surface area contributed by atoms with E-state index >= 15 is 0 Å². The minimum absolute atomic E-state index is 0.691. The maximum Gasteiger partial charge on any atom is 0.151 e. The summed E-state index contributed by atoms with van der Waals surface area (Å²) in [6.07, 6.45) is 2.77. The normalized spacial score (nSPS) is 11.0. The van der Waals surface area contributed by atoms with Crippen molar-refractivity contribution < 1.29 is 0 Å². The van der Waals surface area contributed by atoms with Crippen LogP contribution in [-0.2, 0) is 6.42 Å². The highest BCUT2D eigenvalue weighted by Crippen LogP contribution is 2.28. The lowest BCUT2D eigenvalue weighted by Gasteiger charge is -2.12. The molecule has 0 bridgehead atoms. The minimum atomic E-state index is 0.691. The predicted molar refractivity (Wildman–Crippen MR) is 110 cm³/mol. The standard InChI is InChI=1S/C20H18BClN4/c21-16-13-24-26-19(23-11-10-14-6-2-1-3-7-14)12-18(25-20(16)26)15-8-4-5-9-17(15)22/h1-9,12-13,23H,10-11,21H2. The number of nitrogens with one attached hydrogen (secondary N) is 1. The van der Waals surface area contributed by atoms with Gasteiger partial charge in [-0.25, -0.2) is 4.98 Å². The SMILES string of the molecule is Bc1cnn2c(NCCc3ccccc3)cc(-c3ccccc3Cl)nc12. The van der Waals surface area contributed by atoms with E-state index in [0.717, 1.165) is 41.2 Å². The molecule has 0 aliphatic carbocycles. The minimum Gasteiger partial charge on any atom is -0.370 e. The van der Waals surface area contributed by atoms with Gasteiger partial charge in [-0.3, -0.25) is 0 Å². The van der Waals surface area contributed by atoms with Crippen molar-refractivity contribution in [3.63, 3.8) is 0 Å². The zero-order chi connectivity index (χ0) is 17.9. The molecule has 0 saturated carbocycles. The second-order valence-corrected chi connectivity index (χ2v) is 6.64. The fourth-order valence-electron chi connectivity index (χ4n) is 2.99. The number of anilines is 1. The van der Waals surface area contributed by atoms with Gasteiger partial charge in [-0.15, -0.1) is 0 Å². The highest BCUT2D eigenvalue weighted by atomic mass is 35.5. The molecule has 4 rings (SSSR count). The molecule has 4 nitrogen and oxygen atoms in total. The third-order valence-electron chi connectivity index (χ3n) is 4.36. The lowest BCUT2D eigenvalue weighted by Crippen LogP contribution is -2.11. The highest BCUT2D eigenvalue weighted by Gasteiger charge is 2.12. The smallest absolute Gasteiger partial charge is 0.151 e. The molecular weight excluding hydrogens is 343 g/mol. The number of aromatic nitrogens is 3. The molecule has 0 unspecified atom stereocenters. The zero-order valence-corrected chi connectivity index (χ0v) is 15.2. The zero-order valence-electron chi connectivity index (χ0n) is 14.5. The molecule has 0 amide bonds. The summed E-state index contributed by atoms with van der Waals surface area (Å²) in [5, 5.41) is 8.65. The summed E-state index contributed by atoms with van der Waals surface area (Å²) in [4.78, 5) is 4.77. The van der Waals surface area contributed by atoms with Gasteiger partial charge in [-0.05, 0) is 23.5 Å². The van der Waals surface area contributed by atoms with Gasteiger partial charge in [0.2, 0.25) is 0 Å². The van der Waals surface area contributed by atoms with E-state index in [9.17, 15) is 0 Å². The molecule has 0 saturated heterocycles. The van der Waals surface area contributed by atoms with Gasteiger partial charge in [0, 0.05) is 29.4 Å². The first-order valence-electron chi connectivity index (χ1n) is 8.60. The molecule has 128 valence electrons. The fraction of sp³-hybridized carbons (Fsp3) is 0.100. The molecule has 4 aromatic rings. The number of rotatable bonds is 5. The first-order valence-corrected chi connectivity index (χ1v) is 8.98. The summed E-state index contributed by atoms with van der Waals surface area (Å²) >= 11 is 6.38. The number of hydrogen-bond donors (Lipinski definition) is 1. The summed E-state index contributed by atoms with van der Waals surface area (Å²) in [6, 6.07) is 20.2. The van der Waals surface area contributed by atoms with E-state index in [0.29, 0.717) is 5.02 Å². The molecule has 0 atom stereocenters. The van der Waals surface area contributed by atoms with Crippen molar-refractivity contribution in [2.45, 2.75) is 6.42 Å². The Balaban J connectivity index is 1.68. The van der Waals surface area contributed by atoms with Crippen LogP contribution in [0.25, 0.3) is 16.9 Å². The number of halogens is 1. The largest absolute Gasteiger partial charge is 0.370 e. The molecule has 1 N–H and O–H groups in total. The predicted octanol–water partition coefficient (Wildman–Crippen LogP) is 2.96. The van der Waals surface area contributed by atoms with Gasteiger partial charge < -0.3 is 5.32 Å². The number of fused-ring (bicyclic) bond motifs is 1. The summed E-state index contributed by atoms with van der Waals surface area (Å²) < 4.78 is 1.85. The summed E-state index contributed by atoms with van der Waals surface area (Å²) in [6.45, 7) is 0.810. The first kappa shape index (κ1) is 16.7. The Hall–Kier alpha value is -2.79. The Labute approximate surface area is 158 Å². The quantitative estimate of drug-likeness (QED) is 0.556. The van der Waals surface area contributed by atoms with Crippen LogP contribution in [0.2, 0.25) is 5.02 Å². The Kier molecular flexibility index (Phi) is 4.63. The van der Waals surface area contributed by atoms with Crippen LogP contribution in [0.5, 0.6) is 0 Å². The summed E-state index contributed by atoms with van der Waals surface area (Å²) in [5.74, 6) is 0.911. The summed E-state index contributed by atoms with van der Waals surface area (Å²) in [5.41, 5.74) is 4.93. The van der Waals surface area contributed by atoms with Crippen LogP contribution in [0.1, 0.15) is 5.56 Å². The second-order valence-electron chi connectivity index (χ2n) is 6.23. The number of nitrogens with zero attached hydrogens (tertiary/aromatic N) is 3. The van der Waals surface area contributed by atoms with E-state index < -0.39 is 0 Å². The average molecular weight is 361 g/mol. The molecule has 0 radical (unpaired) electrons. The third kappa shape index (κ3) is 3.31. The van der Waals surface area contributed by atoms with Gasteiger partial charge in [0.05, 0.1) is 5.69 Å². The van der Waals surface area contributed by atoms with Crippen LogP contribution in [0.15, 0.2) is 66.9 Å². The molecule has 2 heterocycles. The lowest BCUT2D eigenvalue weighted by molar-refractivity contribution is 0.914. The Bertz CT molecular complexity index is 1050. The molecule has 0 aliphatic heterocycles. The van der Waals surface area contributed by atoms with Crippen LogP contribution in [0, 0.1) is 0 Å². The van der Waals surface area contributed by atoms with Crippen molar-refractivity contribution in [2.75, 3.05) is 11.9 Å². The Morgan fingerprint density at radius 2 is 1.81 bits per heavy atom. The molecule has 2 aromatic carbocycles. The topological polar surface area (TPSA) is 42.2 Å². The highest BCUT2D eigenvalue weighted by molar-refractivity contribution is 6.36. The van der Waals surface area contributed by atoms with Gasteiger partial charge in [0.15, 0.2) is 5.65 Å². The Morgan fingerprint density at radius 1 is 1.04 bits per heavy atom. The lowest BCUT2D eigenvalue weighted by atomic mass is 10.0. The first-order chi connectivity index (χ1) is 12.7. The van der Waals surface area contributed by atoms with E-state index in [1.165, 1.54) is 5.56 Å². The second kappa shape index (κ2) is 7.22.